The van der Waals surface area contributed by atoms with Crippen LogP contribution in [0.5, 0.6) is 0 Å². The van der Waals surface area contributed by atoms with E-state index in [-0.39, 0.29) is 11.5 Å². The van der Waals surface area contributed by atoms with Gasteiger partial charge in [-0.2, -0.15) is 0 Å². The number of hydrogen-bond acceptors (Lipinski definition) is 3. The van der Waals surface area contributed by atoms with E-state index in [1.165, 1.54) is 37.1 Å². The Morgan fingerprint density at radius 3 is 2.91 bits per heavy atom. The molecule has 5 heterocycles. The SMILES string of the molecule is CC[C@@H]1CN2[C@H]3C[C@@]45c6ccccc6N(C)[C@@H]4[C@@H]2C[C@@H]1[C@@H]3[C@H]5O. The number of para-hydroxylation sites is 1. The fourth-order valence-electron chi connectivity index (χ4n) is 7.75. The van der Waals surface area contributed by atoms with Crippen molar-refractivity contribution in [3.63, 3.8) is 0 Å². The molecule has 3 heteroatoms. The Morgan fingerprint density at radius 2 is 2.09 bits per heavy atom. The second-order valence-corrected chi connectivity index (χ2v) is 8.74. The van der Waals surface area contributed by atoms with Crippen LogP contribution in [0.25, 0.3) is 0 Å². The zero-order valence-electron chi connectivity index (χ0n) is 14.0. The third kappa shape index (κ3) is 1.21. The smallest absolute Gasteiger partial charge is 0.0704 e. The molecule has 0 aromatic heterocycles. The highest BCUT2D eigenvalue weighted by Gasteiger charge is 2.74. The second-order valence-electron chi connectivity index (χ2n) is 8.74. The van der Waals surface area contributed by atoms with Crippen molar-refractivity contribution in [2.75, 3.05) is 18.5 Å². The molecule has 1 saturated carbocycles. The van der Waals surface area contributed by atoms with Crippen LogP contribution in [0.15, 0.2) is 24.3 Å². The van der Waals surface area contributed by atoms with Crippen molar-refractivity contribution in [3.05, 3.63) is 29.8 Å². The van der Waals surface area contributed by atoms with E-state index in [2.05, 4.69) is 48.0 Å². The number of hydrogen-bond donors (Lipinski definition) is 1. The number of aliphatic hydroxyl groups is 1. The molecule has 23 heavy (non-hydrogen) atoms. The molecule has 1 N–H and O–H groups in total. The van der Waals surface area contributed by atoms with Gasteiger partial charge in [-0.25, -0.2) is 0 Å². The molecule has 9 atom stereocenters. The van der Waals surface area contributed by atoms with Crippen molar-refractivity contribution >= 4 is 5.69 Å². The van der Waals surface area contributed by atoms with Gasteiger partial charge in [0.15, 0.2) is 0 Å². The van der Waals surface area contributed by atoms with E-state index >= 15 is 0 Å². The summed E-state index contributed by atoms with van der Waals surface area (Å²) in [6, 6.07) is 10.6. The molecule has 4 saturated heterocycles. The number of anilines is 1. The quantitative estimate of drug-likeness (QED) is 0.862. The van der Waals surface area contributed by atoms with Crippen LogP contribution < -0.4 is 4.90 Å². The largest absolute Gasteiger partial charge is 0.392 e. The molecule has 1 aromatic rings. The summed E-state index contributed by atoms with van der Waals surface area (Å²) in [6.07, 6.45) is 3.60. The zero-order chi connectivity index (χ0) is 15.5. The van der Waals surface area contributed by atoms with E-state index < -0.39 is 0 Å². The number of rotatable bonds is 1. The lowest BCUT2D eigenvalue weighted by Gasteiger charge is -2.60. The van der Waals surface area contributed by atoms with E-state index in [0.717, 1.165) is 11.8 Å². The molecule has 1 aromatic carbocycles. The highest BCUT2D eigenvalue weighted by Crippen LogP contribution is 2.67. The van der Waals surface area contributed by atoms with E-state index in [4.69, 9.17) is 0 Å². The predicted octanol–water partition coefficient (Wildman–Crippen LogP) is 2.24. The zero-order valence-corrected chi connectivity index (χ0v) is 14.0. The average molecular weight is 310 g/mol. The van der Waals surface area contributed by atoms with E-state index in [9.17, 15) is 5.11 Å². The summed E-state index contributed by atoms with van der Waals surface area (Å²) in [4.78, 5) is 5.34. The molecule has 5 bridgehead atoms. The first-order chi connectivity index (χ1) is 11.2. The first-order valence-corrected chi connectivity index (χ1v) is 9.44. The molecule has 1 spiro atoms. The summed E-state index contributed by atoms with van der Waals surface area (Å²) in [5, 5.41) is 11.6. The van der Waals surface area contributed by atoms with Crippen molar-refractivity contribution in [2.45, 2.75) is 55.8 Å². The summed E-state index contributed by atoms with van der Waals surface area (Å²) >= 11 is 0. The maximum Gasteiger partial charge on any atom is 0.0704 e. The maximum absolute atomic E-state index is 11.6. The van der Waals surface area contributed by atoms with Crippen molar-refractivity contribution < 1.29 is 5.11 Å². The summed E-state index contributed by atoms with van der Waals surface area (Å²) in [7, 11) is 2.27. The standard InChI is InChI=1S/C20H26N2O/c1-3-11-10-22-15-8-12(11)17-16(22)9-20(19(17)23)13-6-4-5-7-14(13)21(2)18(15)20/h4-7,11-12,15-19,23H,3,8-10H2,1-2H3/t11-,12+,15+,16+,17+,18-,19-,20-/m1/s1. The lowest BCUT2D eigenvalue weighted by molar-refractivity contribution is -0.100. The number of nitrogens with zero attached hydrogens (tertiary/aromatic N) is 2. The molecule has 5 aliphatic heterocycles. The van der Waals surface area contributed by atoms with Gasteiger partial charge in [0.25, 0.3) is 0 Å². The molecular weight excluding hydrogens is 284 g/mol. The third-order valence-corrected chi connectivity index (χ3v) is 8.41. The molecule has 1 unspecified atom stereocenters. The molecular formula is C20H26N2O. The minimum atomic E-state index is -0.155. The van der Waals surface area contributed by atoms with Crippen LogP contribution in [0.2, 0.25) is 0 Å². The molecule has 0 amide bonds. The lowest BCUT2D eigenvalue weighted by atomic mass is 9.63. The van der Waals surface area contributed by atoms with Gasteiger partial charge in [0.2, 0.25) is 0 Å². The van der Waals surface area contributed by atoms with Crippen LogP contribution in [0.1, 0.15) is 31.7 Å². The van der Waals surface area contributed by atoms with Gasteiger partial charge < -0.3 is 10.0 Å². The maximum atomic E-state index is 11.6. The third-order valence-electron chi connectivity index (χ3n) is 8.41. The number of benzene rings is 1. The summed E-state index contributed by atoms with van der Waals surface area (Å²) in [5.41, 5.74) is 2.81. The second kappa shape index (κ2) is 3.94. The Bertz CT molecular complexity index is 690. The lowest BCUT2D eigenvalue weighted by Crippen LogP contribution is -2.69. The molecule has 7 rings (SSSR count). The van der Waals surface area contributed by atoms with Crippen molar-refractivity contribution in [2.24, 2.45) is 17.8 Å². The monoisotopic (exact) mass is 310 g/mol. The van der Waals surface area contributed by atoms with Crippen LogP contribution in [-0.2, 0) is 5.41 Å². The highest BCUT2D eigenvalue weighted by molar-refractivity contribution is 5.67. The summed E-state index contributed by atoms with van der Waals surface area (Å²) in [5.74, 6) is 2.06. The van der Waals surface area contributed by atoms with E-state index in [1.54, 1.807) is 0 Å². The van der Waals surface area contributed by atoms with Crippen LogP contribution in [0.4, 0.5) is 5.69 Å². The fourth-order valence-corrected chi connectivity index (χ4v) is 7.75. The van der Waals surface area contributed by atoms with Gasteiger partial charge in [-0.1, -0.05) is 31.5 Å². The molecule has 0 radical (unpaired) electrons. The van der Waals surface area contributed by atoms with Crippen LogP contribution in [0.3, 0.4) is 0 Å². The highest BCUT2D eigenvalue weighted by atomic mass is 16.3. The first-order valence-electron chi connectivity index (χ1n) is 9.44. The summed E-state index contributed by atoms with van der Waals surface area (Å²) < 4.78 is 0. The number of likely N-dealkylation sites (N-methyl/N-ethyl adjacent to an activating group) is 1. The van der Waals surface area contributed by atoms with Crippen molar-refractivity contribution in [3.8, 4) is 0 Å². The van der Waals surface area contributed by atoms with Crippen LogP contribution >= 0.6 is 0 Å². The Kier molecular flexibility index (Phi) is 2.27. The van der Waals surface area contributed by atoms with Crippen LogP contribution in [-0.4, -0.2) is 47.8 Å². The van der Waals surface area contributed by atoms with E-state index in [0.29, 0.717) is 24.0 Å². The van der Waals surface area contributed by atoms with Crippen molar-refractivity contribution in [1.29, 1.82) is 0 Å². The Balaban J connectivity index is 1.59. The Labute approximate surface area is 138 Å². The molecule has 5 fully saturated rings. The van der Waals surface area contributed by atoms with Gasteiger partial charge in [0, 0.05) is 42.7 Å². The molecule has 3 nitrogen and oxygen atoms in total. The van der Waals surface area contributed by atoms with Crippen molar-refractivity contribution in [1.82, 2.24) is 4.90 Å². The van der Waals surface area contributed by atoms with Gasteiger partial charge >= 0.3 is 0 Å². The minimum absolute atomic E-state index is 0.000769. The van der Waals surface area contributed by atoms with Gasteiger partial charge in [-0.15, -0.1) is 0 Å². The molecule has 122 valence electrons. The predicted molar refractivity (Wildman–Crippen MR) is 90.6 cm³/mol. The van der Waals surface area contributed by atoms with Gasteiger partial charge in [0.1, 0.15) is 0 Å². The topological polar surface area (TPSA) is 26.7 Å². The first kappa shape index (κ1) is 13.3. The van der Waals surface area contributed by atoms with Gasteiger partial charge in [-0.05, 0) is 36.3 Å². The van der Waals surface area contributed by atoms with E-state index in [1.807, 2.05) is 0 Å². The normalized spacial score (nSPS) is 54.5. The number of fused-ring (bicyclic) bond motifs is 2. The average Bonchev–Trinajstić information content (AvgIpc) is 2.98. The number of aliphatic hydroxyl groups excluding tert-OH is 1. The van der Waals surface area contributed by atoms with Crippen LogP contribution in [0, 0.1) is 17.8 Å². The Morgan fingerprint density at radius 1 is 1.26 bits per heavy atom. The van der Waals surface area contributed by atoms with Gasteiger partial charge in [-0.3, -0.25) is 4.90 Å². The van der Waals surface area contributed by atoms with Gasteiger partial charge in [0.05, 0.1) is 12.1 Å². The molecule has 1 aliphatic carbocycles. The Hall–Kier alpha value is -1.06. The number of piperidine rings is 4. The minimum Gasteiger partial charge on any atom is -0.392 e. The fraction of sp³-hybridized carbons (Fsp3) is 0.700. The molecule has 6 aliphatic rings. The summed E-state index contributed by atoms with van der Waals surface area (Å²) in [6.45, 7) is 3.62.